The molecule has 6 heteroatoms. The number of benzene rings is 2. The summed E-state index contributed by atoms with van der Waals surface area (Å²) in [6.45, 7) is 0. The summed E-state index contributed by atoms with van der Waals surface area (Å²) in [6, 6.07) is 10.6. The van der Waals surface area contributed by atoms with Crippen molar-refractivity contribution in [1.29, 1.82) is 0 Å². The van der Waals surface area contributed by atoms with Crippen LogP contribution in [0.1, 0.15) is 45.0 Å². The van der Waals surface area contributed by atoms with Crippen molar-refractivity contribution < 1.29 is 18.7 Å². The van der Waals surface area contributed by atoms with Gasteiger partial charge >= 0.3 is 5.97 Å². The van der Waals surface area contributed by atoms with E-state index in [0.29, 0.717) is 5.02 Å². The lowest BCUT2D eigenvalue weighted by molar-refractivity contribution is -0.00195. The maximum atomic E-state index is 13.5. The van der Waals surface area contributed by atoms with E-state index >= 15 is 0 Å². The minimum absolute atomic E-state index is 0.0226. The van der Waals surface area contributed by atoms with Crippen molar-refractivity contribution in [3.8, 4) is 0 Å². The second kappa shape index (κ2) is 6.61. The van der Waals surface area contributed by atoms with Gasteiger partial charge in [-0.3, -0.25) is 4.79 Å². The van der Waals surface area contributed by atoms with Gasteiger partial charge in [0.25, 0.3) is 0 Å². The average Bonchev–Trinajstić information content (AvgIpc) is 2.52. The molecule has 1 fully saturated rings. The van der Waals surface area contributed by atoms with Crippen LogP contribution in [0.3, 0.4) is 0 Å². The van der Waals surface area contributed by atoms with Crippen LogP contribution in [-0.2, 0) is 4.74 Å². The van der Waals surface area contributed by atoms with Crippen LogP contribution < -0.4 is 5.73 Å². The van der Waals surface area contributed by atoms with Crippen molar-refractivity contribution >= 4 is 23.5 Å². The van der Waals surface area contributed by atoms with E-state index in [1.807, 2.05) is 12.1 Å². The molecule has 0 heterocycles. The maximum Gasteiger partial charge on any atom is 0.338 e. The average molecular weight is 348 g/mol. The van der Waals surface area contributed by atoms with E-state index in [0.717, 1.165) is 30.5 Å². The van der Waals surface area contributed by atoms with Gasteiger partial charge in [-0.1, -0.05) is 23.7 Å². The number of amides is 1. The Kier molecular flexibility index (Phi) is 4.53. The summed E-state index contributed by atoms with van der Waals surface area (Å²) in [6.07, 6.45) is 1.35. The Bertz CT molecular complexity index is 791. The SMILES string of the molecule is NC(=O)c1cc(F)cc(C(=O)OC2CCC2c2ccc(Cl)cc2)c1. The highest BCUT2D eigenvalue weighted by Crippen LogP contribution is 2.39. The van der Waals surface area contributed by atoms with Gasteiger partial charge in [-0.05, 0) is 48.7 Å². The maximum absolute atomic E-state index is 13.5. The number of ether oxygens (including phenoxy) is 1. The molecule has 2 atom stereocenters. The Morgan fingerprint density at radius 3 is 2.33 bits per heavy atom. The van der Waals surface area contributed by atoms with E-state index in [1.165, 1.54) is 6.07 Å². The van der Waals surface area contributed by atoms with Crippen molar-refractivity contribution in [3.63, 3.8) is 0 Å². The molecule has 2 N–H and O–H groups in total. The molecule has 0 aliphatic heterocycles. The molecular formula is C18H15ClFNO3. The summed E-state index contributed by atoms with van der Waals surface area (Å²) in [5, 5.41) is 0.644. The first-order valence-corrected chi connectivity index (χ1v) is 7.88. The number of nitrogens with two attached hydrogens (primary N) is 1. The standard InChI is InChI=1S/C18H15ClFNO3/c19-13-3-1-10(2-4-13)15-5-6-16(15)24-18(23)12-7-11(17(21)22)8-14(20)9-12/h1-4,7-9,15-16H,5-6H2,(H2,21,22). The van der Waals surface area contributed by atoms with E-state index in [4.69, 9.17) is 22.1 Å². The van der Waals surface area contributed by atoms with E-state index in [1.54, 1.807) is 12.1 Å². The number of halogens is 2. The highest BCUT2D eigenvalue weighted by atomic mass is 35.5. The van der Waals surface area contributed by atoms with Crippen molar-refractivity contribution in [2.45, 2.75) is 24.9 Å². The van der Waals surface area contributed by atoms with Gasteiger partial charge in [-0.2, -0.15) is 0 Å². The predicted molar refractivity (Wildman–Crippen MR) is 87.5 cm³/mol. The lowest BCUT2D eigenvalue weighted by Crippen LogP contribution is -2.34. The zero-order valence-corrected chi connectivity index (χ0v) is 13.4. The van der Waals surface area contributed by atoms with Crippen LogP contribution in [0.2, 0.25) is 5.02 Å². The Labute approximate surface area is 143 Å². The zero-order valence-electron chi connectivity index (χ0n) is 12.7. The number of esters is 1. The van der Waals surface area contributed by atoms with E-state index in [-0.39, 0.29) is 23.1 Å². The first kappa shape index (κ1) is 16.5. The summed E-state index contributed by atoms with van der Waals surface area (Å²) in [5.74, 6) is -2.08. The summed E-state index contributed by atoms with van der Waals surface area (Å²) in [4.78, 5) is 23.4. The summed E-state index contributed by atoms with van der Waals surface area (Å²) in [5.41, 5.74) is 6.09. The molecule has 2 aromatic carbocycles. The molecule has 1 amide bonds. The molecular weight excluding hydrogens is 333 g/mol. The van der Waals surface area contributed by atoms with Gasteiger partial charge < -0.3 is 10.5 Å². The van der Waals surface area contributed by atoms with Crippen molar-refractivity contribution in [2.75, 3.05) is 0 Å². The molecule has 1 aliphatic carbocycles. The normalized spacial score (nSPS) is 19.4. The highest BCUT2D eigenvalue weighted by molar-refractivity contribution is 6.30. The number of primary amides is 1. The third-order valence-electron chi connectivity index (χ3n) is 4.19. The summed E-state index contributed by atoms with van der Waals surface area (Å²) >= 11 is 5.87. The molecule has 0 saturated heterocycles. The third kappa shape index (κ3) is 3.41. The number of hydrogen-bond acceptors (Lipinski definition) is 3. The number of rotatable bonds is 4. The lowest BCUT2D eigenvalue weighted by Gasteiger charge is -2.36. The molecule has 0 radical (unpaired) electrons. The van der Waals surface area contributed by atoms with E-state index < -0.39 is 17.7 Å². The fraction of sp³-hybridized carbons (Fsp3) is 0.222. The molecule has 1 saturated carbocycles. The molecule has 0 bridgehead atoms. The van der Waals surface area contributed by atoms with Gasteiger partial charge in [-0.25, -0.2) is 9.18 Å². The smallest absolute Gasteiger partial charge is 0.338 e. The van der Waals surface area contributed by atoms with Crippen molar-refractivity contribution in [2.24, 2.45) is 5.73 Å². The lowest BCUT2D eigenvalue weighted by atomic mass is 9.77. The molecule has 0 aromatic heterocycles. The second-order valence-electron chi connectivity index (χ2n) is 5.77. The van der Waals surface area contributed by atoms with Crippen LogP contribution >= 0.6 is 11.6 Å². The molecule has 24 heavy (non-hydrogen) atoms. The predicted octanol–water partition coefficient (Wildman–Crippen LogP) is 3.68. The fourth-order valence-electron chi connectivity index (χ4n) is 2.76. The fourth-order valence-corrected chi connectivity index (χ4v) is 2.88. The van der Waals surface area contributed by atoms with Crippen LogP contribution in [0.15, 0.2) is 42.5 Å². The van der Waals surface area contributed by atoms with Gasteiger partial charge in [0.05, 0.1) is 5.56 Å². The second-order valence-corrected chi connectivity index (χ2v) is 6.21. The first-order valence-electron chi connectivity index (χ1n) is 7.51. The minimum atomic E-state index is -0.800. The van der Waals surface area contributed by atoms with E-state index in [9.17, 15) is 14.0 Å². The summed E-state index contributed by atoms with van der Waals surface area (Å²) in [7, 11) is 0. The Morgan fingerprint density at radius 1 is 1.08 bits per heavy atom. The summed E-state index contributed by atoms with van der Waals surface area (Å²) < 4.78 is 19.0. The van der Waals surface area contributed by atoms with Crippen molar-refractivity contribution in [1.82, 2.24) is 0 Å². The first-order chi connectivity index (χ1) is 11.4. The van der Waals surface area contributed by atoms with Crippen LogP contribution in [0.5, 0.6) is 0 Å². The largest absolute Gasteiger partial charge is 0.458 e. The minimum Gasteiger partial charge on any atom is -0.458 e. The molecule has 1 aliphatic rings. The Morgan fingerprint density at radius 2 is 1.75 bits per heavy atom. The van der Waals surface area contributed by atoms with Crippen LogP contribution in [0.4, 0.5) is 4.39 Å². The monoisotopic (exact) mass is 347 g/mol. The van der Waals surface area contributed by atoms with Gasteiger partial charge in [0.15, 0.2) is 0 Å². The van der Waals surface area contributed by atoms with Gasteiger partial charge in [0.1, 0.15) is 11.9 Å². The molecule has 0 spiro atoms. The highest BCUT2D eigenvalue weighted by Gasteiger charge is 2.35. The molecule has 2 unspecified atom stereocenters. The third-order valence-corrected chi connectivity index (χ3v) is 4.44. The van der Waals surface area contributed by atoms with Crippen LogP contribution in [0, 0.1) is 5.82 Å². The van der Waals surface area contributed by atoms with Crippen LogP contribution in [0.25, 0.3) is 0 Å². The number of carbonyl (C=O) groups excluding carboxylic acids is 2. The van der Waals surface area contributed by atoms with E-state index in [2.05, 4.69) is 0 Å². The Balaban J connectivity index is 1.73. The van der Waals surface area contributed by atoms with Crippen molar-refractivity contribution in [3.05, 3.63) is 70.0 Å². The molecule has 4 nitrogen and oxygen atoms in total. The van der Waals surface area contributed by atoms with Gasteiger partial charge in [-0.15, -0.1) is 0 Å². The van der Waals surface area contributed by atoms with Gasteiger partial charge in [0.2, 0.25) is 5.91 Å². The quantitative estimate of drug-likeness (QED) is 0.858. The molecule has 2 aromatic rings. The topological polar surface area (TPSA) is 69.4 Å². The van der Waals surface area contributed by atoms with Gasteiger partial charge in [0, 0.05) is 16.5 Å². The molecule has 124 valence electrons. The zero-order chi connectivity index (χ0) is 17.3. The number of hydrogen-bond donors (Lipinski definition) is 1. The Hall–Kier alpha value is -2.40. The molecule has 3 rings (SSSR count). The number of carbonyl (C=O) groups is 2. The van der Waals surface area contributed by atoms with Crippen LogP contribution in [-0.4, -0.2) is 18.0 Å².